The Morgan fingerprint density at radius 1 is 1.03 bits per heavy atom. The maximum atomic E-state index is 5.85. The van der Waals surface area contributed by atoms with Crippen LogP contribution in [0.2, 0.25) is 0 Å². The molecule has 4 heterocycles. The smallest absolute Gasteiger partial charge is 0.170 e. The van der Waals surface area contributed by atoms with E-state index in [0.29, 0.717) is 6.04 Å². The second kappa shape index (κ2) is 7.95. The normalized spacial score (nSPS) is 22.2. The van der Waals surface area contributed by atoms with Crippen LogP contribution in [0.4, 0.5) is 0 Å². The zero-order chi connectivity index (χ0) is 19.6. The first kappa shape index (κ1) is 18.3. The van der Waals surface area contributed by atoms with Crippen molar-refractivity contribution in [3.63, 3.8) is 0 Å². The second-order valence-electron chi connectivity index (χ2n) is 7.89. The number of pyridine rings is 2. The lowest BCUT2D eigenvalue weighted by Crippen LogP contribution is -2.38. The lowest BCUT2D eigenvalue weighted by atomic mass is 9.99. The van der Waals surface area contributed by atoms with E-state index in [2.05, 4.69) is 61.3 Å². The van der Waals surface area contributed by atoms with Crippen molar-refractivity contribution in [3.8, 4) is 0 Å². The lowest BCUT2D eigenvalue weighted by molar-refractivity contribution is 0.237. The summed E-state index contributed by atoms with van der Waals surface area (Å²) in [5, 5.41) is 4.45. The summed E-state index contributed by atoms with van der Waals surface area (Å²) in [6, 6.07) is 15.3. The summed E-state index contributed by atoms with van der Waals surface area (Å²) in [7, 11) is 0. The fourth-order valence-electron chi connectivity index (χ4n) is 4.79. The van der Waals surface area contributed by atoms with Gasteiger partial charge in [0.25, 0.3) is 0 Å². The number of thiocarbonyl (C=S) groups is 1. The fourth-order valence-corrected chi connectivity index (χ4v) is 5.18. The summed E-state index contributed by atoms with van der Waals surface area (Å²) < 4.78 is 2.33. The van der Waals surface area contributed by atoms with E-state index in [9.17, 15) is 0 Å². The van der Waals surface area contributed by atoms with E-state index in [1.165, 1.54) is 36.9 Å². The summed E-state index contributed by atoms with van der Waals surface area (Å²) in [5.74, 6) is 0. The SMILES string of the molecule is S=C1N[C@H](c2ccccn2)[C@H](c2cccn2Cc2cccnc2)N1C1CCCC1. The van der Waals surface area contributed by atoms with Crippen molar-refractivity contribution >= 4 is 17.3 Å². The molecule has 1 aliphatic carbocycles. The predicted molar refractivity (Wildman–Crippen MR) is 117 cm³/mol. The molecule has 3 aromatic rings. The third-order valence-electron chi connectivity index (χ3n) is 6.10. The van der Waals surface area contributed by atoms with Crippen molar-refractivity contribution in [1.82, 2.24) is 24.8 Å². The Balaban J connectivity index is 1.55. The van der Waals surface area contributed by atoms with Gasteiger partial charge in [-0.15, -0.1) is 0 Å². The van der Waals surface area contributed by atoms with Gasteiger partial charge in [0.1, 0.15) is 0 Å². The van der Waals surface area contributed by atoms with Crippen LogP contribution in [-0.2, 0) is 6.54 Å². The van der Waals surface area contributed by atoms with Gasteiger partial charge in [0.15, 0.2) is 5.11 Å². The Morgan fingerprint density at radius 3 is 2.69 bits per heavy atom. The van der Waals surface area contributed by atoms with Crippen LogP contribution >= 0.6 is 12.2 Å². The summed E-state index contributed by atoms with van der Waals surface area (Å²) in [6.45, 7) is 0.798. The molecule has 1 aliphatic heterocycles. The average molecular weight is 404 g/mol. The van der Waals surface area contributed by atoms with Gasteiger partial charge in [-0.2, -0.15) is 0 Å². The van der Waals surface area contributed by atoms with Crippen LogP contribution in [0.15, 0.2) is 67.3 Å². The first-order chi connectivity index (χ1) is 14.3. The molecule has 0 radical (unpaired) electrons. The minimum Gasteiger partial charge on any atom is -0.352 e. The first-order valence-corrected chi connectivity index (χ1v) is 10.8. The molecule has 5 nitrogen and oxygen atoms in total. The fraction of sp³-hybridized carbons (Fsp3) is 0.348. The molecular formula is C23H25N5S. The van der Waals surface area contributed by atoms with Crippen LogP contribution in [0.25, 0.3) is 0 Å². The number of rotatable bonds is 5. The van der Waals surface area contributed by atoms with Gasteiger partial charge in [0.05, 0.1) is 17.8 Å². The van der Waals surface area contributed by atoms with Gasteiger partial charge in [-0.3, -0.25) is 9.97 Å². The lowest BCUT2D eigenvalue weighted by Gasteiger charge is -2.33. The highest BCUT2D eigenvalue weighted by Crippen LogP contribution is 2.42. The largest absolute Gasteiger partial charge is 0.352 e. The van der Waals surface area contributed by atoms with Crippen LogP contribution in [0, 0.1) is 0 Å². The Kier molecular flexibility index (Phi) is 5.02. The molecule has 1 N–H and O–H groups in total. The second-order valence-corrected chi connectivity index (χ2v) is 8.28. The Labute approximate surface area is 176 Å². The standard InChI is InChI=1S/C23H25N5S/c29-23-26-21(19-10-3-4-13-25-19)22(28(23)18-8-1-2-9-18)20-11-6-14-27(20)16-17-7-5-12-24-15-17/h3-7,10-15,18,21-22H,1-2,8-9,16H2,(H,26,29)/t21-,22+/m1/s1. The van der Waals surface area contributed by atoms with E-state index >= 15 is 0 Å². The first-order valence-electron chi connectivity index (χ1n) is 10.3. The highest BCUT2D eigenvalue weighted by atomic mass is 32.1. The van der Waals surface area contributed by atoms with Crippen LogP contribution in [0.1, 0.15) is 54.7 Å². The molecule has 0 spiro atoms. The molecule has 0 bridgehead atoms. The quantitative estimate of drug-likeness (QED) is 0.646. The van der Waals surface area contributed by atoms with E-state index in [-0.39, 0.29) is 12.1 Å². The van der Waals surface area contributed by atoms with Gasteiger partial charge in [0, 0.05) is 43.1 Å². The molecule has 1 saturated carbocycles. The number of nitrogens with one attached hydrogen (secondary N) is 1. The topological polar surface area (TPSA) is 46.0 Å². The number of hydrogen-bond donors (Lipinski definition) is 1. The number of hydrogen-bond acceptors (Lipinski definition) is 3. The summed E-state index contributed by atoms with van der Waals surface area (Å²) >= 11 is 5.85. The molecule has 148 valence electrons. The Bertz CT molecular complexity index is 965. The molecule has 2 aliphatic rings. The number of aromatic nitrogens is 3. The van der Waals surface area contributed by atoms with Gasteiger partial charge >= 0.3 is 0 Å². The minimum atomic E-state index is 0.0480. The van der Waals surface area contributed by atoms with Crippen molar-refractivity contribution in [3.05, 3.63) is 84.2 Å². The summed E-state index contributed by atoms with van der Waals surface area (Å²) in [5.41, 5.74) is 3.50. The monoisotopic (exact) mass is 403 g/mol. The maximum absolute atomic E-state index is 5.85. The van der Waals surface area contributed by atoms with Crippen LogP contribution in [0.3, 0.4) is 0 Å². The number of nitrogens with zero attached hydrogens (tertiary/aromatic N) is 4. The molecule has 6 heteroatoms. The molecule has 1 saturated heterocycles. The molecule has 3 aromatic heterocycles. The summed E-state index contributed by atoms with van der Waals surface area (Å²) in [4.78, 5) is 11.4. The van der Waals surface area contributed by atoms with E-state index in [0.717, 1.165) is 17.4 Å². The van der Waals surface area contributed by atoms with Crippen molar-refractivity contribution < 1.29 is 0 Å². The van der Waals surface area contributed by atoms with Crippen LogP contribution in [0.5, 0.6) is 0 Å². The molecule has 5 rings (SSSR count). The zero-order valence-corrected chi connectivity index (χ0v) is 17.1. The Hall–Kier alpha value is -2.73. The maximum Gasteiger partial charge on any atom is 0.170 e. The van der Waals surface area contributed by atoms with E-state index in [4.69, 9.17) is 12.2 Å². The predicted octanol–water partition coefficient (Wildman–Crippen LogP) is 4.24. The molecule has 0 aromatic carbocycles. The van der Waals surface area contributed by atoms with Crippen molar-refractivity contribution in [2.75, 3.05) is 0 Å². The van der Waals surface area contributed by atoms with Crippen molar-refractivity contribution in [2.45, 2.75) is 50.4 Å². The van der Waals surface area contributed by atoms with Gasteiger partial charge in [-0.25, -0.2) is 0 Å². The molecule has 2 atom stereocenters. The van der Waals surface area contributed by atoms with Gasteiger partial charge in [-0.05, 0) is 61.0 Å². The molecule has 0 unspecified atom stereocenters. The zero-order valence-electron chi connectivity index (χ0n) is 16.3. The molecular weight excluding hydrogens is 378 g/mol. The van der Waals surface area contributed by atoms with Crippen LogP contribution < -0.4 is 5.32 Å². The van der Waals surface area contributed by atoms with E-state index in [1.807, 2.05) is 30.7 Å². The van der Waals surface area contributed by atoms with Crippen molar-refractivity contribution in [2.24, 2.45) is 0 Å². The molecule has 2 fully saturated rings. The highest BCUT2D eigenvalue weighted by molar-refractivity contribution is 7.80. The third-order valence-corrected chi connectivity index (χ3v) is 6.43. The highest BCUT2D eigenvalue weighted by Gasteiger charge is 2.44. The van der Waals surface area contributed by atoms with Gasteiger partial charge in [0.2, 0.25) is 0 Å². The van der Waals surface area contributed by atoms with Gasteiger partial charge in [-0.1, -0.05) is 25.0 Å². The summed E-state index contributed by atoms with van der Waals surface area (Å²) in [6.07, 6.45) is 12.7. The minimum absolute atomic E-state index is 0.0480. The van der Waals surface area contributed by atoms with Crippen LogP contribution in [-0.4, -0.2) is 30.6 Å². The third kappa shape index (κ3) is 3.53. The van der Waals surface area contributed by atoms with E-state index in [1.54, 1.807) is 0 Å². The molecule has 0 amide bonds. The Morgan fingerprint density at radius 2 is 1.93 bits per heavy atom. The van der Waals surface area contributed by atoms with Crippen molar-refractivity contribution in [1.29, 1.82) is 0 Å². The van der Waals surface area contributed by atoms with E-state index < -0.39 is 0 Å². The van der Waals surface area contributed by atoms with Gasteiger partial charge < -0.3 is 14.8 Å². The average Bonchev–Trinajstić information content (AvgIpc) is 3.49. The molecule has 29 heavy (non-hydrogen) atoms.